The Kier molecular flexibility index (Phi) is 7.47. The molecule has 0 bridgehead atoms. The van der Waals surface area contributed by atoms with Crippen molar-refractivity contribution in [3.63, 3.8) is 0 Å². The van der Waals surface area contributed by atoms with E-state index in [-0.39, 0.29) is 14.5 Å². The minimum absolute atomic E-state index is 0.0951. The molecule has 0 spiro atoms. The van der Waals surface area contributed by atoms with E-state index in [1.807, 2.05) is 42.5 Å². The van der Waals surface area contributed by atoms with Crippen LogP contribution in [0.2, 0.25) is 0 Å². The number of aromatic nitrogens is 4. The zero-order valence-corrected chi connectivity index (χ0v) is 28.1. The smallest absolute Gasteiger partial charge is 0.0538 e. The zero-order valence-electron chi connectivity index (χ0n) is 26.4. The molecule has 9 rings (SSSR count). The summed E-state index contributed by atoms with van der Waals surface area (Å²) in [4.78, 5) is 20.2. The normalized spacial score (nSPS) is 11.3. The largest absolute Gasteiger partial charge is 0.0617 e. The number of rotatable bonds is 6. The van der Waals surface area contributed by atoms with E-state index in [9.17, 15) is 0 Å². The number of fused-ring (bicyclic) bond motifs is 3. The fraction of sp³-hybridized carbons (Fsp3) is 0. The monoisotopic (exact) mass is 692 g/mol. The Hall–Kier alpha value is -6.00. The molecule has 0 unspecified atom stereocenters. The van der Waals surface area contributed by atoms with E-state index in [2.05, 4.69) is 127 Å². The molecule has 0 fully saturated rings. The Morgan fingerprint density at radius 1 is 0.306 bits per heavy atom. The fourth-order valence-corrected chi connectivity index (χ4v) is 8.58. The minimum atomic E-state index is 0.0951. The van der Waals surface area contributed by atoms with Gasteiger partial charge in [0.15, 0.2) is 0 Å². The zero-order chi connectivity index (χ0) is 32.6. The summed E-state index contributed by atoms with van der Waals surface area (Å²) < 4.78 is 2.46. The van der Waals surface area contributed by atoms with Crippen LogP contribution in [0.4, 0.5) is 0 Å². The van der Waals surface area contributed by atoms with Gasteiger partial charge in [0.25, 0.3) is 0 Å². The third kappa shape index (κ3) is 5.66. The van der Waals surface area contributed by atoms with Crippen LogP contribution < -0.4 is 0 Å². The number of nitrogens with zero attached hydrogens (tertiary/aromatic N) is 4. The second kappa shape index (κ2) is 12.6. The molecule has 7 aromatic carbocycles. The maximum atomic E-state index is 5.11. The standard InChI is InChI=1S/C44H28N4Se/c1-4-11-29(12-5-1)30-19-21-31(22-20-30)32-23-25-34(26-24-32)42-46-41(33-13-6-2-7-14-33)47-43(48-42)38-18-10-17-37-36(38)27-28-39-40(37)49-44(45-39)35-15-8-3-9-16-35/h1-28H. The average molecular weight is 692 g/mol. The summed E-state index contributed by atoms with van der Waals surface area (Å²) in [5.74, 6) is 1.95. The van der Waals surface area contributed by atoms with Crippen molar-refractivity contribution >= 4 is 35.1 Å². The summed E-state index contributed by atoms with van der Waals surface area (Å²) in [6, 6.07) is 59.0. The van der Waals surface area contributed by atoms with E-state index in [1.165, 1.54) is 26.3 Å². The first kappa shape index (κ1) is 29.2. The van der Waals surface area contributed by atoms with Crippen molar-refractivity contribution < 1.29 is 0 Å². The first-order chi connectivity index (χ1) is 24.3. The minimum Gasteiger partial charge on any atom is -0.0617 e. The van der Waals surface area contributed by atoms with Crippen molar-refractivity contribution in [3.05, 3.63) is 170 Å². The number of benzene rings is 7. The fourth-order valence-electron chi connectivity index (χ4n) is 6.28. The molecular formula is C44H28N4Se. The van der Waals surface area contributed by atoms with E-state index in [0.717, 1.165) is 43.3 Å². The summed E-state index contributed by atoms with van der Waals surface area (Å²) in [5.41, 5.74) is 9.85. The van der Waals surface area contributed by atoms with E-state index in [1.54, 1.807) is 0 Å². The molecule has 0 amide bonds. The van der Waals surface area contributed by atoms with Gasteiger partial charge in [0.05, 0.1) is 0 Å². The van der Waals surface area contributed by atoms with Crippen molar-refractivity contribution in [2.24, 2.45) is 0 Å². The summed E-state index contributed by atoms with van der Waals surface area (Å²) in [7, 11) is 0. The molecular weight excluding hydrogens is 663 g/mol. The van der Waals surface area contributed by atoms with Crippen LogP contribution in [0.25, 0.3) is 87.1 Å². The van der Waals surface area contributed by atoms with Crippen LogP contribution >= 0.6 is 0 Å². The van der Waals surface area contributed by atoms with Gasteiger partial charge < -0.3 is 0 Å². The summed E-state index contributed by atoms with van der Waals surface area (Å²) >= 11 is 0.0951. The number of hydrogen-bond acceptors (Lipinski definition) is 4. The molecule has 0 saturated heterocycles. The molecule has 4 nitrogen and oxygen atoms in total. The molecule has 2 aromatic heterocycles. The predicted octanol–water partition coefficient (Wildman–Crippen LogP) is 10.6. The van der Waals surface area contributed by atoms with Crippen molar-refractivity contribution in [2.75, 3.05) is 0 Å². The topological polar surface area (TPSA) is 51.6 Å². The van der Waals surface area contributed by atoms with Crippen LogP contribution in [0.3, 0.4) is 0 Å². The van der Waals surface area contributed by atoms with Gasteiger partial charge in [-0.3, -0.25) is 0 Å². The second-order valence-corrected chi connectivity index (χ2v) is 14.0. The van der Waals surface area contributed by atoms with Gasteiger partial charge in [-0.25, -0.2) is 0 Å². The first-order valence-electron chi connectivity index (χ1n) is 16.2. The molecule has 0 aliphatic carbocycles. The quantitative estimate of drug-likeness (QED) is 0.163. The van der Waals surface area contributed by atoms with Crippen LogP contribution in [0, 0.1) is 0 Å². The van der Waals surface area contributed by atoms with Crippen LogP contribution in [-0.4, -0.2) is 34.4 Å². The van der Waals surface area contributed by atoms with E-state index >= 15 is 0 Å². The van der Waals surface area contributed by atoms with Gasteiger partial charge in [0.2, 0.25) is 0 Å². The SMILES string of the molecule is c1ccc(-c2ccc(-c3ccc(-c4nc(-c5ccccc5)nc(-c5cccc6c5ccc5nc(-c7ccccc7)[se]c56)n4)cc3)cc2)cc1. The van der Waals surface area contributed by atoms with Gasteiger partial charge in [-0.2, -0.15) is 0 Å². The van der Waals surface area contributed by atoms with Gasteiger partial charge in [0, 0.05) is 0 Å². The Bertz CT molecular complexity index is 2560. The molecule has 0 radical (unpaired) electrons. The number of hydrogen-bond donors (Lipinski definition) is 0. The molecule has 0 aliphatic heterocycles. The summed E-state index contributed by atoms with van der Waals surface area (Å²) in [6.07, 6.45) is 0. The van der Waals surface area contributed by atoms with Gasteiger partial charge in [-0.15, -0.1) is 0 Å². The van der Waals surface area contributed by atoms with Crippen LogP contribution in [0.1, 0.15) is 0 Å². The third-order valence-corrected chi connectivity index (χ3v) is 11.2. The van der Waals surface area contributed by atoms with Crippen molar-refractivity contribution in [3.8, 4) is 66.5 Å². The van der Waals surface area contributed by atoms with Gasteiger partial charge in [0.1, 0.15) is 0 Å². The van der Waals surface area contributed by atoms with Crippen LogP contribution in [-0.2, 0) is 0 Å². The van der Waals surface area contributed by atoms with E-state index in [4.69, 9.17) is 19.9 Å². The second-order valence-electron chi connectivity index (χ2n) is 11.9. The van der Waals surface area contributed by atoms with Crippen molar-refractivity contribution in [1.82, 2.24) is 19.9 Å². The maximum absolute atomic E-state index is 5.11. The van der Waals surface area contributed by atoms with E-state index < -0.39 is 0 Å². The molecule has 49 heavy (non-hydrogen) atoms. The van der Waals surface area contributed by atoms with Crippen LogP contribution in [0.5, 0.6) is 0 Å². The molecule has 0 atom stereocenters. The third-order valence-electron chi connectivity index (χ3n) is 8.81. The van der Waals surface area contributed by atoms with Gasteiger partial charge >= 0.3 is 226 Å². The Morgan fingerprint density at radius 2 is 0.776 bits per heavy atom. The van der Waals surface area contributed by atoms with Gasteiger partial charge in [-0.05, 0) is 11.1 Å². The molecule has 5 heteroatoms. The Labute approximate surface area is 290 Å². The van der Waals surface area contributed by atoms with Crippen LogP contribution in [0.15, 0.2) is 170 Å². The van der Waals surface area contributed by atoms with E-state index in [0.29, 0.717) is 17.5 Å². The average Bonchev–Trinajstić information content (AvgIpc) is 3.64. The first-order valence-corrected chi connectivity index (χ1v) is 17.9. The molecule has 0 saturated carbocycles. The Morgan fingerprint density at radius 3 is 1.37 bits per heavy atom. The molecule has 230 valence electrons. The predicted molar refractivity (Wildman–Crippen MR) is 202 cm³/mol. The Balaban J connectivity index is 1.12. The van der Waals surface area contributed by atoms with Gasteiger partial charge in [-0.1, -0.05) is 54.6 Å². The van der Waals surface area contributed by atoms with Crippen molar-refractivity contribution in [2.45, 2.75) is 0 Å². The van der Waals surface area contributed by atoms with Crippen molar-refractivity contribution in [1.29, 1.82) is 0 Å². The summed E-state index contributed by atoms with van der Waals surface area (Å²) in [5, 5.41) is 2.33. The maximum Gasteiger partial charge on any atom is -0.0538 e. The molecule has 9 aromatic rings. The molecule has 0 N–H and O–H groups in total. The summed E-state index contributed by atoms with van der Waals surface area (Å²) in [6.45, 7) is 0. The molecule has 0 aliphatic rings. The molecule has 2 heterocycles.